The van der Waals surface area contributed by atoms with Crippen molar-refractivity contribution < 1.29 is 28.8 Å². The number of hydrogen-bond acceptors (Lipinski definition) is 7. The highest BCUT2D eigenvalue weighted by Crippen LogP contribution is 2.36. The largest absolute Gasteiger partial charge is 0.493 e. The Kier molecular flexibility index (Phi) is 8.28. The van der Waals surface area contributed by atoms with Crippen LogP contribution in [-0.4, -0.2) is 49.5 Å². The Bertz CT molecular complexity index is 990. The number of ether oxygens (including phenoxy) is 4. The van der Waals surface area contributed by atoms with Crippen molar-refractivity contribution in [1.29, 1.82) is 0 Å². The zero-order valence-corrected chi connectivity index (χ0v) is 18.0. The van der Waals surface area contributed by atoms with E-state index < -0.39 is 6.10 Å². The second-order valence-electron chi connectivity index (χ2n) is 6.82. The van der Waals surface area contributed by atoms with Gasteiger partial charge in [0.1, 0.15) is 19.3 Å². The maximum Gasteiger partial charge on any atom is 0.251 e. The quantitative estimate of drug-likeness (QED) is 0.475. The van der Waals surface area contributed by atoms with E-state index in [1.807, 2.05) is 30.3 Å². The van der Waals surface area contributed by atoms with Crippen LogP contribution < -0.4 is 24.3 Å². The van der Waals surface area contributed by atoms with Crippen molar-refractivity contribution in [3.63, 3.8) is 0 Å². The molecule has 0 bridgehead atoms. The first-order valence-electron chi connectivity index (χ1n) is 10.0. The van der Waals surface area contributed by atoms with E-state index in [9.17, 15) is 9.90 Å². The van der Waals surface area contributed by atoms with Crippen LogP contribution in [0.25, 0.3) is 0 Å². The van der Waals surface area contributed by atoms with E-state index in [0.717, 1.165) is 5.56 Å². The molecule has 2 aromatic carbocycles. The number of aromatic nitrogens is 1. The zero-order valence-electron chi connectivity index (χ0n) is 18.0. The zero-order chi connectivity index (χ0) is 22.8. The number of aliphatic hydroxyl groups is 1. The number of rotatable bonds is 11. The molecule has 3 rings (SSSR count). The van der Waals surface area contributed by atoms with E-state index in [-0.39, 0.29) is 19.1 Å². The molecular weight excluding hydrogens is 412 g/mol. The van der Waals surface area contributed by atoms with Crippen LogP contribution in [0.3, 0.4) is 0 Å². The lowest BCUT2D eigenvalue weighted by atomic mass is 10.2. The molecule has 168 valence electrons. The maximum absolute atomic E-state index is 12.5. The molecule has 1 aromatic heterocycles. The number of nitrogens with zero attached hydrogens (tertiary/aromatic N) is 1. The third-order valence-electron chi connectivity index (χ3n) is 4.53. The third kappa shape index (κ3) is 6.36. The molecule has 0 aliphatic carbocycles. The molecular formula is C24H26N2O6. The normalized spacial score (nSPS) is 11.3. The molecule has 1 atom stereocenters. The molecule has 32 heavy (non-hydrogen) atoms. The number of para-hydroxylation sites is 1. The summed E-state index contributed by atoms with van der Waals surface area (Å²) in [6.07, 6.45) is 0.562. The van der Waals surface area contributed by atoms with Gasteiger partial charge in [0.2, 0.25) is 11.6 Å². The molecule has 1 amide bonds. The number of methoxy groups -OCH3 is 2. The average molecular weight is 438 g/mol. The number of benzene rings is 2. The predicted octanol–water partition coefficient (Wildman–Crippen LogP) is 2.85. The number of nitrogens with one attached hydrogen (secondary N) is 1. The first kappa shape index (κ1) is 22.9. The summed E-state index contributed by atoms with van der Waals surface area (Å²) in [5.74, 6) is 1.34. The Balaban J connectivity index is 1.50. The van der Waals surface area contributed by atoms with Gasteiger partial charge >= 0.3 is 0 Å². The van der Waals surface area contributed by atoms with Gasteiger partial charge in [-0.05, 0) is 23.8 Å². The van der Waals surface area contributed by atoms with Crippen LogP contribution in [0.5, 0.6) is 23.1 Å². The number of carbonyl (C=O) groups excluding carboxylic acids is 1. The minimum atomic E-state index is -0.941. The topological polar surface area (TPSA) is 99.1 Å². The molecule has 8 nitrogen and oxygen atoms in total. The van der Waals surface area contributed by atoms with E-state index >= 15 is 0 Å². The second kappa shape index (κ2) is 11.6. The summed E-state index contributed by atoms with van der Waals surface area (Å²) in [6, 6.07) is 18.0. The van der Waals surface area contributed by atoms with Crippen LogP contribution >= 0.6 is 0 Å². The van der Waals surface area contributed by atoms with Crippen molar-refractivity contribution in [2.45, 2.75) is 12.7 Å². The standard InChI is InChI=1S/C24H26N2O6/c1-29-20-9-6-10-21(30-2)23(20)32-16-19(27)14-26-24(28)18-11-12-25-22(13-18)31-15-17-7-4-3-5-8-17/h3-13,19,27H,14-16H2,1-2H3,(H,26,28). The van der Waals surface area contributed by atoms with Crippen LogP contribution in [0.4, 0.5) is 0 Å². The monoisotopic (exact) mass is 438 g/mol. The fraction of sp³-hybridized carbons (Fsp3) is 0.250. The minimum Gasteiger partial charge on any atom is -0.493 e. The van der Waals surface area contributed by atoms with E-state index in [2.05, 4.69) is 10.3 Å². The molecule has 0 aliphatic rings. The van der Waals surface area contributed by atoms with Crippen LogP contribution in [0.2, 0.25) is 0 Å². The number of amides is 1. The molecule has 8 heteroatoms. The van der Waals surface area contributed by atoms with Crippen LogP contribution in [0.1, 0.15) is 15.9 Å². The summed E-state index contributed by atoms with van der Waals surface area (Å²) in [4.78, 5) is 16.6. The Labute approximate surface area is 186 Å². The first-order chi connectivity index (χ1) is 15.6. The third-order valence-corrected chi connectivity index (χ3v) is 4.53. The van der Waals surface area contributed by atoms with Gasteiger partial charge in [-0.3, -0.25) is 4.79 Å². The average Bonchev–Trinajstić information content (AvgIpc) is 2.85. The molecule has 0 spiro atoms. The lowest BCUT2D eigenvalue weighted by Crippen LogP contribution is -2.35. The van der Waals surface area contributed by atoms with Gasteiger partial charge in [0.05, 0.1) is 14.2 Å². The molecule has 0 saturated carbocycles. The maximum atomic E-state index is 12.5. The van der Waals surface area contributed by atoms with Crippen molar-refractivity contribution in [3.8, 4) is 23.1 Å². The molecule has 1 heterocycles. The summed E-state index contributed by atoms with van der Waals surface area (Å²) in [5, 5.41) is 12.9. The summed E-state index contributed by atoms with van der Waals surface area (Å²) >= 11 is 0. The van der Waals surface area contributed by atoms with E-state index in [4.69, 9.17) is 18.9 Å². The Morgan fingerprint density at radius 1 is 1.00 bits per heavy atom. The lowest BCUT2D eigenvalue weighted by molar-refractivity contribution is 0.0833. The highest BCUT2D eigenvalue weighted by molar-refractivity contribution is 5.94. The summed E-state index contributed by atoms with van der Waals surface area (Å²) in [5.41, 5.74) is 1.38. The second-order valence-corrected chi connectivity index (χ2v) is 6.82. The van der Waals surface area contributed by atoms with Gasteiger partial charge < -0.3 is 29.4 Å². The fourth-order valence-corrected chi connectivity index (χ4v) is 2.87. The van der Waals surface area contributed by atoms with Gasteiger partial charge in [0, 0.05) is 24.4 Å². The van der Waals surface area contributed by atoms with Gasteiger partial charge in [0.25, 0.3) is 5.91 Å². The summed E-state index contributed by atoms with van der Waals surface area (Å²) in [6.45, 7) is 0.291. The highest BCUT2D eigenvalue weighted by atomic mass is 16.5. The van der Waals surface area contributed by atoms with Gasteiger partial charge in [-0.2, -0.15) is 0 Å². The van der Waals surface area contributed by atoms with E-state index in [1.54, 1.807) is 30.3 Å². The predicted molar refractivity (Wildman–Crippen MR) is 118 cm³/mol. The van der Waals surface area contributed by atoms with Crippen LogP contribution in [-0.2, 0) is 6.61 Å². The molecule has 2 N–H and O–H groups in total. The number of aliphatic hydroxyl groups excluding tert-OH is 1. The fourth-order valence-electron chi connectivity index (χ4n) is 2.87. The Morgan fingerprint density at radius 2 is 1.72 bits per heavy atom. The van der Waals surface area contributed by atoms with Gasteiger partial charge in [-0.25, -0.2) is 4.98 Å². The van der Waals surface area contributed by atoms with Crippen molar-refractivity contribution in [2.75, 3.05) is 27.4 Å². The molecule has 1 unspecified atom stereocenters. The van der Waals surface area contributed by atoms with Gasteiger partial charge in [-0.15, -0.1) is 0 Å². The Morgan fingerprint density at radius 3 is 2.41 bits per heavy atom. The molecule has 0 saturated heterocycles. The van der Waals surface area contributed by atoms with Crippen molar-refractivity contribution in [3.05, 3.63) is 78.0 Å². The number of carbonyl (C=O) groups is 1. The van der Waals surface area contributed by atoms with Crippen molar-refractivity contribution >= 4 is 5.91 Å². The molecule has 0 aliphatic heterocycles. The van der Waals surface area contributed by atoms with E-state index in [0.29, 0.717) is 35.3 Å². The number of pyridine rings is 1. The highest BCUT2D eigenvalue weighted by Gasteiger charge is 2.15. The summed E-state index contributed by atoms with van der Waals surface area (Å²) < 4.78 is 21.8. The molecule has 0 fully saturated rings. The van der Waals surface area contributed by atoms with Crippen molar-refractivity contribution in [2.24, 2.45) is 0 Å². The van der Waals surface area contributed by atoms with Gasteiger partial charge in [0.15, 0.2) is 11.5 Å². The first-order valence-corrected chi connectivity index (χ1v) is 10.0. The Hall–Kier alpha value is -3.78. The van der Waals surface area contributed by atoms with Gasteiger partial charge in [-0.1, -0.05) is 36.4 Å². The minimum absolute atomic E-state index is 0.00116. The lowest BCUT2D eigenvalue weighted by Gasteiger charge is -2.17. The smallest absolute Gasteiger partial charge is 0.251 e. The van der Waals surface area contributed by atoms with Crippen LogP contribution in [0, 0.1) is 0 Å². The molecule has 0 radical (unpaired) electrons. The number of hydrogen-bond donors (Lipinski definition) is 2. The van der Waals surface area contributed by atoms with E-state index in [1.165, 1.54) is 20.4 Å². The van der Waals surface area contributed by atoms with Crippen molar-refractivity contribution in [1.82, 2.24) is 10.3 Å². The van der Waals surface area contributed by atoms with Crippen LogP contribution in [0.15, 0.2) is 66.9 Å². The SMILES string of the molecule is COc1cccc(OC)c1OCC(O)CNC(=O)c1ccnc(OCc2ccccc2)c1. The molecule has 3 aromatic rings. The summed E-state index contributed by atoms with van der Waals surface area (Å²) in [7, 11) is 3.04.